The summed E-state index contributed by atoms with van der Waals surface area (Å²) in [6, 6.07) is 10.6. The molecule has 1 aromatic heterocycles. The number of phenols is 1. The third-order valence-electron chi connectivity index (χ3n) is 3.29. The smallest absolute Gasteiger partial charge is 0.119 e. The third-order valence-corrected chi connectivity index (χ3v) is 4.17. The Morgan fingerprint density at radius 1 is 1.23 bits per heavy atom. The minimum Gasteiger partial charge on any atom is -0.508 e. The molecule has 0 bridgehead atoms. The van der Waals surface area contributed by atoms with Gasteiger partial charge >= 0.3 is 0 Å². The fourth-order valence-electron chi connectivity index (χ4n) is 2.10. The minimum atomic E-state index is -0.587. The van der Waals surface area contributed by atoms with Crippen LogP contribution in [0.2, 0.25) is 0 Å². The maximum absolute atomic E-state index is 10.0. The van der Waals surface area contributed by atoms with Gasteiger partial charge in [0.05, 0.1) is 0 Å². The number of β-amino-alcohol motifs (C(OH)–C–C–N with tert-alkyl or cyclic N) is 1. The van der Waals surface area contributed by atoms with E-state index in [4.69, 9.17) is 4.74 Å². The summed E-state index contributed by atoms with van der Waals surface area (Å²) >= 11 is 1.75. The van der Waals surface area contributed by atoms with Crippen molar-refractivity contribution in [2.45, 2.75) is 31.9 Å². The molecule has 0 aliphatic rings. The van der Waals surface area contributed by atoms with Crippen LogP contribution < -0.4 is 10.1 Å². The number of hydrogen-bond donors (Lipinski definition) is 3. The summed E-state index contributed by atoms with van der Waals surface area (Å²) in [6.45, 7) is 4.93. The Balaban J connectivity index is 1.72. The minimum absolute atomic E-state index is 0.0790. The third kappa shape index (κ3) is 5.67. The maximum Gasteiger partial charge on any atom is 0.119 e. The van der Waals surface area contributed by atoms with E-state index in [9.17, 15) is 10.2 Å². The summed E-state index contributed by atoms with van der Waals surface area (Å²) in [7, 11) is 0. The van der Waals surface area contributed by atoms with Crippen LogP contribution in [0.15, 0.2) is 41.8 Å². The maximum atomic E-state index is 10.0. The molecule has 0 radical (unpaired) electrons. The predicted molar refractivity (Wildman–Crippen MR) is 89.7 cm³/mol. The number of benzene rings is 1. The largest absolute Gasteiger partial charge is 0.508 e. The number of rotatable bonds is 8. The number of hydrogen-bond acceptors (Lipinski definition) is 5. The van der Waals surface area contributed by atoms with Crippen LogP contribution >= 0.6 is 11.3 Å². The van der Waals surface area contributed by atoms with Crippen LogP contribution in [0.5, 0.6) is 11.5 Å². The monoisotopic (exact) mass is 321 g/mol. The standard InChI is InChI=1S/C17H23NO3S/c1-17(2,10-16-4-3-9-22-16)18-11-14(20)12-21-15-7-5-13(19)6-8-15/h3-9,14,18-20H,10-12H2,1-2H3. The highest BCUT2D eigenvalue weighted by molar-refractivity contribution is 7.09. The van der Waals surface area contributed by atoms with Gasteiger partial charge in [0.2, 0.25) is 0 Å². The van der Waals surface area contributed by atoms with Crippen molar-refractivity contribution in [1.82, 2.24) is 5.32 Å². The summed E-state index contributed by atoms with van der Waals surface area (Å²) < 4.78 is 5.49. The molecule has 1 atom stereocenters. The molecule has 0 saturated carbocycles. The van der Waals surface area contributed by atoms with Gasteiger partial charge in [-0.05, 0) is 56.0 Å². The first-order chi connectivity index (χ1) is 10.4. The summed E-state index contributed by atoms with van der Waals surface area (Å²) in [5, 5.41) is 24.7. The van der Waals surface area contributed by atoms with Gasteiger partial charge in [-0.3, -0.25) is 0 Å². The lowest BCUT2D eigenvalue weighted by Crippen LogP contribution is -2.46. The van der Waals surface area contributed by atoms with Crippen molar-refractivity contribution in [1.29, 1.82) is 0 Å². The van der Waals surface area contributed by atoms with Crippen LogP contribution in [-0.2, 0) is 6.42 Å². The van der Waals surface area contributed by atoms with Gasteiger partial charge in [0.25, 0.3) is 0 Å². The molecule has 0 aliphatic heterocycles. The van der Waals surface area contributed by atoms with Crippen LogP contribution in [0.4, 0.5) is 0 Å². The molecule has 3 N–H and O–H groups in total. The quantitative estimate of drug-likeness (QED) is 0.700. The average molecular weight is 321 g/mol. The summed E-state index contributed by atoms with van der Waals surface area (Å²) in [5.74, 6) is 0.833. The van der Waals surface area contributed by atoms with E-state index in [1.165, 1.54) is 4.88 Å². The number of thiophene rings is 1. The molecule has 1 heterocycles. The van der Waals surface area contributed by atoms with E-state index < -0.39 is 6.10 Å². The Labute approximate surface area is 135 Å². The molecule has 1 aromatic carbocycles. The molecule has 0 saturated heterocycles. The first kappa shape index (κ1) is 16.8. The Morgan fingerprint density at radius 2 is 1.95 bits per heavy atom. The van der Waals surface area contributed by atoms with Gasteiger partial charge in [0.1, 0.15) is 24.2 Å². The molecule has 0 fully saturated rings. The van der Waals surface area contributed by atoms with Crippen LogP contribution in [0.25, 0.3) is 0 Å². The van der Waals surface area contributed by atoms with Gasteiger partial charge in [-0.15, -0.1) is 11.3 Å². The first-order valence-electron chi connectivity index (χ1n) is 7.32. The van der Waals surface area contributed by atoms with Crippen molar-refractivity contribution in [2.24, 2.45) is 0 Å². The number of aliphatic hydroxyl groups is 1. The zero-order valence-corrected chi connectivity index (χ0v) is 13.8. The second kappa shape index (κ2) is 7.63. The molecule has 0 amide bonds. The molecule has 2 rings (SSSR count). The molecule has 4 nitrogen and oxygen atoms in total. The summed E-state index contributed by atoms with van der Waals surface area (Å²) in [6.07, 6.45) is 0.340. The highest BCUT2D eigenvalue weighted by Crippen LogP contribution is 2.18. The molecule has 5 heteroatoms. The zero-order chi connectivity index (χ0) is 16.0. The van der Waals surface area contributed by atoms with Gasteiger partial charge in [-0.2, -0.15) is 0 Å². The van der Waals surface area contributed by atoms with Gasteiger partial charge < -0.3 is 20.3 Å². The Kier molecular flexibility index (Phi) is 5.83. The van der Waals surface area contributed by atoms with E-state index in [1.807, 2.05) is 0 Å². The van der Waals surface area contributed by atoms with Crippen LogP contribution in [-0.4, -0.2) is 35.0 Å². The highest BCUT2D eigenvalue weighted by Gasteiger charge is 2.19. The van der Waals surface area contributed by atoms with Crippen molar-refractivity contribution in [3.8, 4) is 11.5 Å². The number of phenolic OH excluding ortho intramolecular Hbond substituents is 1. The Bertz CT molecular complexity index is 552. The fraction of sp³-hybridized carbons (Fsp3) is 0.412. The van der Waals surface area contributed by atoms with E-state index in [2.05, 4.69) is 36.7 Å². The Hall–Kier alpha value is -1.56. The van der Waals surface area contributed by atoms with Crippen LogP contribution in [0.3, 0.4) is 0 Å². The molecule has 22 heavy (non-hydrogen) atoms. The molecule has 0 spiro atoms. The lowest BCUT2D eigenvalue weighted by atomic mass is 9.99. The second-order valence-electron chi connectivity index (χ2n) is 5.98. The highest BCUT2D eigenvalue weighted by atomic mass is 32.1. The molecular formula is C17H23NO3S. The molecular weight excluding hydrogens is 298 g/mol. The number of nitrogens with one attached hydrogen (secondary N) is 1. The van der Waals surface area contributed by atoms with E-state index in [0.29, 0.717) is 12.3 Å². The lowest BCUT2D eigenvalue weighted by Gasteiger charge is -2.27. The second-order valence-corrected chi connectivity index (χ2v) is 7.01. The van der Waals surface area contributed by atoms with Gasteiger partial charge in [-0.25, -0.2) is 0 Å². The van der Waals surface area contributed by atoms with E-state index in [0.717, 1.165) is 6.42 Å². The van der Waals surface area contributed by atoms with Gasteiger partial charge in [0.15, 0.2) is 0 Å². The zero-order valence-electron chi connectivity index (χ0n) is 13.0. The van der Waals surface area contributed by atoms with Crippen LogP contribution in [0, 0.1) is 0 Å². The van der Waals surface area contributed by atoms with E-state index >= 15 is 0 Å². The van der Waals surface area contributed by atoms with Gasteiger partial charge in [-0.1, -0.05) is 6.07 Å². The van der Waals surface area contributed by atoms with Gasteiger partial charge in [0, 0.05) is 17.0 Å². The lowest BCUT2D eigenvalue weighted by molar-refractivity contribution is 0.0989. The fourth-order valence-corrected chi connectivity index (χ4v) is 3.03. The average Bonchev–Trinajstić information content (AvgIpc) is 2.97. The van der Waals surface area contributed by atoms with Crippen molar-refractivity contribution >= 4 is 11.3 Å². The van der Waals surface area contributed by atoms with Crippen molar-refractivity contribution in [2.75, 3.05) is 13.2 Å². The molecule has 120 valence electrons. The molecule has 0 aliphatic carbocycles. The van der Waals surface area contributed by atoms with Crippen molar-refractivity contribution < 1.29 is 14.9 Å². The molecule has 1 unspecified atom stereocenters. The molecule has 2 aromatic rings. The van der Waals surface area contributed by atoms with E-state index in [-0.39, 0.29) is 17.9 Å². The first-order valence-corrected chi connectivity index (χ1v) is 8.20. The predicted octanol–water partition coefficient (Wildman–Crippen LogP) is 2.80. The summed E-state index contributed by atoms with van der Waals surface area (Å²) in [5.41, 5.74) is -0.0790. The number of ether oxygens (including phenoxy) is 1. The van der Waals surface area contributed by atoms with Crippen molar-refractivity contribution in [3.63, 3.8) is 0 Å². The Morgan fingerprint density at radius 3 is 2.59 bits per heavy atom. The normalized spacial score (nSPS) is 13.0. The van der Waals surface area contributed by atoms with Crippen LogP contribution in [0.1, 0.15) is 18.7 Å². The number of aliphatic hydroxyl groups excluding tert-OH is 1. The summed E-state index contributed by atoms with van der Waals surface area (Å²) in [4.78, 5) is 1.33. The SMILES string of the molecule is CC(C)(Cc1cccs1)NCC(O)COc1ccc(O)cc1. The van der Waals surface area contributed by atoms with E-state index in [1.54, 1.807) is 35.6 Å². The van der Waals surface area contributed by atoms with Crippen molar-refractivity contribution in [3.05, 3.63) is 46.7 Å². The topological polar surface area (TPSA) is 61.7 Å². The number of aromatic hydroxyl groups is 1.